The van der Waals surface area contributed by atoms with Crippen molar-refractivity contribution in [3.63, 3.8) is 0 Å². The molecule has 1 saturated heterocycles. The standard InChI is InChI=1S/C20H19N3O3S2/c24-19(17-14-27-20(22-17)15-6-2-1-3-7-15)21-16-8-4-5-9-18(16)23-10-12-28(25,26)13-11-23/h1-9,14H,10-13H2,(H,21,24). The minimum atomic E-state index is -2.96. The number of thiazole rings is 1. The lowest BCUT2D eigenvalue weighted by Gasteiger charge is -2.30. The van der Waals surface area contributed by atoms with Gasteiger partial charge in [-0.1, -0.05) is 42.5 Å². The number of aromatic nitrogens is 1. The number of hydrogen-bond donors (Lipinski definition) is 1. The lowest BCUT2D eigenvalue weighted by atomic mass is 10.2. The Labute approximate surface area is 167 Å². The molecule has 0 spiro atoms. The Kier molecular flexibility index (Phi) is 5.15. The highest BCUT2D eigenvalue weighted by Gasteiger charge is 2.24. The summed E-state index contributed by atoms with van der Waals surface area (Å²) in [4.78, 5) is 19.2. The number of rotatable bonds is 4. The lowest BCUT2D eigenvalue weighted by Crippen LogP contribution is -2.40. The molecule has 1 aromatic heterocycles. The summed E-state index contributed by atoms with van der Waals surface area (Å²) >= 11 is 1.42. The van der Waals surface area contributed by atoms with E-state index in [1.807, 2.05) is 59.5 Å². The molecule has 2 heterocycles. The summed E-state index contributed by atoms with van der Waals surface area (Å²) in [5.74, 6) is -0.0284. The van der Waals surface area contributed by atoms with Crippen LogP contribution in [-0.2, 0) is 9.84 Å². The Morgan fingerprint density at radius 2 is 1.68 bits per heavy atom. The number of benzene rings is 2. The predicted octanol–water partition coefficient (Wildman–Crippen LogP) is 3.30. The Balaban J connectivity index is 1.52. The number of para-hydroxylation sites is 2. The normalized spacial score (nSPS) is 15.9. The molecule has 0 aliphatic carbocycles. The van der Waals surface area contributed by atoms with E-state index in [1.165, 1.54) is 11.3 Å². The van der Waals surface area contributed by atoms with Crippen molar-refractivity contribution >= 4 is 38.5 Å². The van der Waals surface area contributed by atoms with Crippen LogP contribution >= 0.6 is 11.3 Å². The second-order valence-corrected chi connectivity index (χ2v) is 9.68. The van der Waals surface area contributed by atoms with Gasteiger partial charge in [0.25, 0.3) is 5.91 Å². The summed E-state index contributed by atoms with van der Waals surface area (Å²) in [6.45, 7) is 0.841. The predicted molar refractivity (Wildman–Crippen MR) is 113 cm³/mol. The molecule has 6 nitrogen and oxygen atoms in total. The van der Waals surface area contributed by atoms with Crippen LogP contribution < -0.4 is 10.2 Å². The van der Waals surface area contributed by atoms with Gasteiger partial charge in [0.05, 0.1) is 22.9 Å². The Morgan fingerprint density at radius 1 is 1.00 bits per heavy atom. The molecule has 1 aliphatic heterocycles. The number of nitrogens with one attached hydrogen (secondary N) is 1. The zero-order valence-corrected chi connectivity index (χ0v) is 16.7. The smallest absolute Gasteiger partial charge is 0.275 e. The van der Waals surface area contributed by atoms with Crippen molar-refractivity contribution in [3.8, 4) is 10.6 Å². The minimum absolute atomic E-state index is 0.127. The molecule has 2 aromatic carbocycles. The van der Waals surface area contributed by atoms with Crippen molar-refractivity contribution in [1.29, 1.82) is 0 Å². The van der Waals surface area contributed by atoms with Crippen molar-refractivity contribution in [1.82, 2.24) is 4.98 Å². The van der Waals surface area contributed by atoms with E-state index in [0.717, 1.165) is 16.3 Å². The molecule has 1 aliphatic rings. The molecule has 0 saturated carbocycles. The van der Waals surface area contributed by atoms with Crippen molar-refractivity contribution in [2.24, 2.45) is 0 Å². The lowest BCUT2D eigenvalue weighted by molar-refractivity contribution is 0.102. The fraction of sp³-hybridized carbons (Fsp3) is 0.200. The molecule has 8 heteroatoms. The van der Waals surface area contributed by atoms with E-state index in [-0.39, 0.29) is 17.4 Å². The summed E-state index contributed by atoms with van der Waals surface area (Å²) in [6, 6.07) is 17.2. The Bertz CT molecular complexity index is 1080. The molecule has 1 fully saturated rings. The third kappa shape index (κ3) is 4.07. The summed E-state index contributed by atoms with van der Waals surface area (Å²) in [5, 5.41) is 5.46. The van der Waals surface area contributed by atoms with E-state index in [4.69, 9.17) is 0 Å². The summed E-state index contributed by atoms with van der Waals surface area (Å²) in [7, 11) is -2.96. The largest absolute Gasteiger partial charge is 0.368 e. The zero-order valence-electron chi connectivity index (χ0n) is 15.0. The molecule has 144 valence electrons. The third-order valence-electron chi connectivity index (χ3n) is 4.59. The van der Waals surface area contributed by atoms with Gasteiger partial charge < -0.3 is 10.2 Å². The van der Waals surface area contributed by atoms with Gasteiger partial charge in [0, 0.05) is 24.0 Å². The number of nitrogens with zero attached hydrogens (tertiary/aromatic N) is 2. The van der Waals surface area contributed by atoms with Gasteiger partial charge >= 0.3 is 0 Å². The van der Waals surface area contributed by atoms with Gasteiger partial charge in [-0.25, -0.2) is 13.4 Å². The van der Waals surface area contributed by atoms with Crippen LogP contribution in [0.3, 0.4) is 0 Å². The Hall–Kier alpha value is -2.71. The molecule has 28 heavy (non-hydrogen) atoms. The average Bonchev–Trinajstić information content (AvgIpc) is 3.20. The monoisotopic (exact) mass is 413 g/mol. The number of anilines is 2. The topological polar surface area (TPSA) is 79.4 Å². The van der Waals surface area contributed by atoms with Gasteiger partial charge in [-0.05, 0) is 12.1 Å². The molecule has 4 rings (SSSR count). The van der Waals surface area contributed by atoms with E-state index in [0.29, 0.717) is 24.5 Å². The fourth-order valence-electron chi connectivity index (χ4n) is 3.09. The van der Waals surface area contributed by atoms with Crippen LogP contribution in [0.25, 0.3) is 10.6 Å². The van der Waals surface area contributed by atoms with Crippen LogP contribution in [0, 0.1) is 0 Å². The maximum absolute atomic E-state index is 12.7. The van der Waals surface area contributed by atoms with Crippen LogP contribution in [0.15, 0.2) is 60.0 Å². The number of sulfone groups is 1. The third-order valence-corrected chi connectivity index (χ3v) is 7.10. The number of carbonyl (C=O) groups excluding carboxylic acids is 1. The first-order valence-corrected chi connectivity index (χ1v) is 11.6. The average molecular weight is 414 g/mol. The quantitative estimate of drug-likeness (QED) is 0.710. The maximum Gasteiger partial charge on any atom is 0.275 e. The number of hydrogen-bond acceptors (Lipinski definition) is 6. The summed E-state index contributed by atoms with van der Waals surface area (Å²) in [6.07, 6.45) is 0. The van der Waals surface area contributed by atoms with Gasteiger partial charge in [0.1, 0.15) is 10.7 Å². The van der Waals surface area contributed by atoms with E-state index >= 15 is 0 Å². The van der Waals surface area contributed by atoms with Crippen molar-refractivity contribution in [2.45, 2.75) is 0 Å². The highest BCUT2D eigenvalue weighted by atomic mass is 32.2. The second kappa shape index (κ2) is 7.73. The van der Waals surface area contributed by atoms with Crippen LogP contribution in [0.5, 0.6) is 0 Å². The SMILES string of the molecule is O=C(Nc1ccccc1N1CCS(=O)(=O)CC1)c1csc(-c2ccccc2)n1. The van der Waals surface area contributed by atoms with E-state index < -0.39 is 9.84 Å². The van der Waals surface area contributed by atoms with Crippen molar-refractivity contribution in [2.75, 3.05) is 34.8 Å². The minimum Gasteiger partial charge on any atom is -0.368 e. The first-order valence-electron chi connectivity index (χ1n) is 8.88. The molecule has 1 N–H and O–H groups in total. The van der Waals surface area contributed by atoms with Gasteiger partial charge in [0.2, 0.25) is 0 Å². The van der Waals surface area contributed by atoms with E-state index in [9.17, 15) is 13.2 Å². The summed E-state index contributed by atoms with van der Waals surface area (Å²) in [5.41, 5.74) is 2.81. The number of amides is 1. The van der Waals surface area contributed by atoms with Gasteiger partial charge in [0.15, 0.2) is 9.84 Å². The van der Waals surface area contributed by atoms with Crippen molar-refractivity contribution in [3.05, 3.63) is 65.7 Å². The highest BCUT2D eigenvalue weighted by Crippen LogP contribution is 2.28. The van der Waals surface area contributed by atoms with Crippen molar-refractivity contribution < 1.29 is 13.2 Å². The molecule has 0 unspecified atom stereocenters. The fourth-order valence-corrected chi connectivity index (χ4v) is 5.09. The molecule has 0 bridgehead atoms. The summed E-state index contributed by atoms with van der Waals surface area (Å²) < 4.78 is 23.4. The first-order chi connectivity index (χ1) is 13.5. The van der Waals surface area contributed by atoms with Crippen LogP contribution in [0.1, 0.15) is 10.5 Å². The molecular formula is C20H19N3O3S2. The molecular weight excluding hydrogens is 394 g/mol. The molecule has 3 aromatic rings. The molecule has 0 atom stereocenters. The van der Waals surface area contributed by atoms with Crippen LogP contribution in [0.2, 0.25) is 0 Å². The first kappa shape index (κ1) is 18.6. The van der Waals surface area contributed by atoms with Crippen LogP contribution in [-0.4, -0.2) is 43.9 Å². The van der Waals surface area contributed by atoms with Gasteiger partial charge in [-0.3, -0.25) is 4.79 Å². The second-order valence-electron chi connectivity index (χ2n) is 6.51. The molecule has 1 amide bonds. The van der Waals surface area contributed by atoms with Crippen LogP contribution in [0.4, 0.5) is 11.4 Å². The zero-order chi connectivity index (χ0) is 19.6. The van der Waals surface area contributed by atoms with E-state index in [1.54, 1.807) is 5.38 Å². The maximum atomic E-state index is 12.7. The number of carbonyl (C=O) groups is 1. The van der Waals surface area contributed by atoms with Gasteiger partial charge in [-0.2, -0.15) is 0 Å². The van der Waals surface area contributed by atoms with Gasteiger partial charge in [-0.15, -0.1) is 11.3 Å². The highest BCUT2D eigenvalue weighted by molar-refractivity contribution is 7.91. The van der Waals surface area contributed by atoms with E-state index in [2.05, 4.69) is 10.3 Å². The Morgan fingerprint density at radius 3 is 2.43 bits per heavy atom. The molecule has 0 radical (unpaired) electrons.